The van der Waals surface area contributed by atoms with E-state index in [4.69, 9.17) is 0 Å². The summed E-state index contributed by atoms with van der Waals surface area (Å²) in [6, 6.07) is 0. The highest BCUT2D eigenvalue weighted by atomic mass is 32.2. The topological polar surface area (TPSA) is 34.1 Å². The highest BCUT2D eigenvalue weighted by Crippen LogP contribution is 2.28. The molecular weight excluding hydrogens is 256 g/mol. The number of hydrogen-bond acceptors (Lipinski definition) is 2. The Morgan fingerprint density at radius 3 is 2.42 bits per heavy atom. The largest absolute Gasteiger partial charge is 0.219 e. The molecule has 0 bridgehead atoms. The van der Waals surface area contributed by atoms with Crippen molar-refractivity contribution >= 4 is 9.84 Å². The van der Waals surface area contributed by atoms with Crippen molar-refractivity contribution in [2.75, 3.05) is 0 Å². The van der Waals surface area contributed by atoms with E-state index in [-0.39, 0.29) is 10.8 Å². The van der Waals surface area contributed by atoms with E-state index in [9.17, 15) is 8.42 Å². The lowest BCUT2D eigenvalue weighted by Crippen LogP contribution is -2.13. The SMILES string of the molecule is C=C/C=C\C(=C/C=C)S(=O)(=O)C1=CC(C)[C@@H](C)C=C1. The van der Waals surface area contributed by atoms with Crippen molar-refractivity contribution in [1.29, 1.82) is 0 Å². The fourth-order valence-corrected chi connectivity index (χ4v) is 3.17. The van der Waals surface area contributed by atoms with Crippen LogP contribution < -0.4 is 0 Å². The molecule has 0 radical (unpaired) electrons. The van der Waals surface area contributed by atoms with Crippen LogP contribution in [0.4, 0.5) is 0 Å². The molecule has 2 nitrogen and oxygen atoms in total. The minimum atomic E-state index is -3.49. The molecule has 0 N–H and O–H groups in total. The molecule has 19 heavy (non-hydrogen) atoms. The van der Waals surface area contributed by atoms with E-state index in [0.29, 0.717) is 10.8 Å². The van der Waals surface area contributed by atoms with Crippen molar-refractivity contribution in [2.45, 2.75) is 13.8 Å². The van der Waals surface area contributed by atoms with Gasteiger partial charge in [0.15, 0.2) is 0 Å². The summed E-state index contributed by atoms with van der Waals surface area (Å²) in [5, 5.41) is 0. The maximum absolute atomic E-state index is 12.5. The molecule has 102 valence electrons. The summed E-state index contributed by atoms with van der Waals surface area (Å²) in [7, 11) is -3.49. The summed E-state index contributed by atoms with van der Waals surface area (Å²) in [6.45, 7) is 11.2. The average molecular weight is 276 g/mol. The maximum atomic E-state index is 12.5. The van der Waals surface area contributed by atoms with Crippen molar-refractivity contribution < 1.29 is 8.42 Å². The zero-order valence-electron chi connectivity index (χ0n) is 11.4. The predicted molar refractivity (Wildman–Crippen MR) is 82.1 cm³/mol. The number of rotatable bonds is 5. The number of hydrogen-bond donors (Lipinski definition) is 0. The zero-order chi connectivity index (χ0) is 14.5. The van der Waals surface area contributed by atoms with Crippen molar-refractivity contribution in [3.05, 3.63) is 71.6 Å². The Hall–Kier alpha value is -1.61. The third-order valence-electron chi connectivity index (χ3n) is 3.12. The van der Waals surface area contributed by atoms with E-state index in [1.54, 1.807) is 24.3 Å². The molecule has 0 saturated carbocycles. The highest BCUT2D eigenvalue weighted by Gasteiger charge is 2.23. The van der Waals surface area contributed by atoms with Gasteiger partial charge in [-0.3, -0.25) is 0 Å². The Labute approximate surface area is 116 Å². The summed E-state index contributed by atoms with van der Waals surface area (Å²) in [5.74, 6) is 0.567. The first-order chi connectivity index (χ1) is 8.93. The molecule has 3 heteroatoms. The van der Waals surface area contributed by atoms with E-state index >= 15 is 0 Å². The molecule has 1 unspecified atom stereocenters. The van der Waals surface area contributed by atoms with E-state index in [1.807, 2.05) is 13.0 Å². The molecule has 0 fully saturated rings. The zero-order valence-corrected chi connectivity index (χ0v) is 12.2. The first kappa shape index (κ1) is 15.4. The van der Waals surface area contributed by atoms with Crippen LogP contribution in [-0.2, 0) is 9.84 Å². The first-order valence-electron chi connectivity index (χ1n) is 6.20. The lowest BCUT2D eigenvalue weighted by Gasteiger charge is -2.19. The van der Waals surface area contributed by atoms with Gasteiger partial charge >= 0.3 is 0 Å². The van der Waals surface area contributed by atoms with Crippen LogP contribution >= 0.6 is 0 Å². The average Bonchev–Trinajstić information content (AvgIpc) is 2.37. The lowest BCUT2D eigenvalue weighted by molar-refractivity contribution is 0.548. The molecule has 0 saturated heterocycles. The fraction of sp³-hybridized carbons (Fsp3) is 0.250. The van der Waals surface area contributed by atoms with Gasteiger partial charge in [-0.15, -0.1) is 0 Å². The van der Waals surface area contributed by atoms with Gasteiger partial charge in [0.05, 0.1) is 9.81 Å². The molecule has 0 aromatic rings. The molecule has 0 aliphatic heterocycles. The molecule has 0 heterocycles. The highest BCUT2D eigenvalue weighted by molar-refractivity contribution is 7.99. The molecule has 1 aliphatic rings. The second-order valence-corrected chi connectivity index (χ2v) is 6.50. The van der Waals surface area contributed by atoms with Crippen LogP contribution in [0.2, 0.25) is 0 Å². The van der Waals surface area contributed by atoms with Crippen molar-refractivity contribution in [2.24, 2.45) is 11.8 Å². The van der Waals surface area contributed by atoms with Crippen LogP contribution in [0.5, 0.6) is 0 Å². The lowest BCUT2D eigenvalue weighted by atomic mass is 9.92. The van der Waals surface area contributed by atoms with Gasteiger partial charge in [0, 0.05) is 0 Å². The molecule has 0 amide bonds. The molecule has 1 aliphatic carbocycles. The predicted octanol–water partition coefficient (Wildman–Crippen LogP) is 3.94. The summed E-state index contributed by atoms with van der Waals surface area (Å²) >= 11 is 0. The molecule has 0 aromatic carbocycles. The third kappa shape index (κ3) is 3.67. The summed E-state index contributed by atoms with van der Waals surface area (Å²) in [4.78, 5) is 0.569. The van der Waals surface area contributed by atoms with Gasteiger partial charge in [0.25, 0.3) is 0 Å². The van der Waals surface area contributed by atoms with Gasteiger partial charge in [-0.1, -0.05) is 57.4 Å². The van der Waals surface area contributed by atoms with Crippen LogP contribution in [0.15, 0.2) is 71.6 Å². The van der Waals surface area contributed by atoms with Gasteiger partial charge < -0.3 is 0 Å². The van der Waals surface area contributed by atoms with Crippen LogP contribution in [-0.4, -0.2) is 8.42 Å². The number of sulfone groups is 1. The second kappa shape index (κ2) is 6.53. The molecule has 0 aromatic heterocycles. The standard InChI is InChI=1S/C16H20O2S/c1-5-7-9-15(8-6-2)19(17,18)16-11-10-13(3)14(4)12-16/h5-14H,1-2H2,3-4H3/b9-7-,15-8+/t13-,14?/m0/s1. The van der Waals surface area contributed by atoms with Crippen molar-refractivity contribution in [1.82, 2.24) is 0 Å². The van der Waals surface area contributed by atoms with E-state index in [2.05, 4.69) is 20.1 Å². The monoisotopic (exact) mass is 276 g/mol. The Bertz CT molecular complexity index is 572. The smallest absolute Gasteiger partial charge is 0.206 e. The third-order valence-corrected chi connectivity index (χ3v) is 4.91. The van der Waals surface area contributed by atoms with Crippen LogP contribution in [0.1, 0.15) is 13.8 Å². The van der Waals surface area contributed by atoms with E-state index in [0.717, 1.165) is 0 Å². The Kier molecular flexibility index (Phi) is 5.31. The van der Waals surface area contributed by atoms with Gasteiger partial charge in [0.2, 0.25) is 9.84 Å². The van der Waals surface area contributed by atoms with Crippen molar-refractivity contribution in [3.8, 4) is 0 Å². The van der Waals surface area contributed by atoms with E-state index in [1.165, 1.54) is 18.2 Å². The van der Waals surface area contributed by atoms with Crippen LogP contribution in [0, 0.1) is 11.8 Å². The minimum absolute atomic E-state index is 0.211. The molecule has 1 rings (SSSR count). The van der Waals surface area contributed by atoms with Gasteiger partial charge in [-0.2, -0.15) is 0 Å². The minimum Gasteiger partial charge on any atom is -0.219 e. The molecular formula is C16H20O2S. The summed E-state index contributed by atoms with van der Waals surface area (Å²) in [6.07, 6.45) is 13.1. The Balaban J connectivity index is 3.23. The van der Waals surface area contributed by atoms with Crippen molar-refractivity contribution in [3.63, 3.8) is 0 Å². The second-order valence-electron chi connectivity index (χ2n) is 4.55. The molecule has 0 spiro atoms. The van der Waals surface area contributed by atoms with Crippen LogP contribution in [0.3, 0.4) is 0 Å². The molecule has 2 atom stereocenters. The van der Waals surface area contributed by atoms with E-state index < -0.39 is 9.84 Å². The summed E-state index contributed by atoms with van der Waals surface area (Å²) < 4.78 is 25.0. The van der Waals surface area contributed by atoms with Gasteiger partial charge in [-0.25, -0.2) is 8.42 Å². The normalized spacial score (nSPS) is 24.3. The Morgan fingerprint density at radius 1 is 1.21 bits per heavy atom. The quantitative estimate of drug-likeness (QED) is 0.713. The summed E-state index contributed by atoms with van der Waals surface area (Å²) in [5.41, 5.74) is 0. The van der Waals surface area contributed by atoms with Gasteiger partial charge in [-0.05, 0) is 30.1 Å². The maximum Gasteiger partial charge on any atom is 0.206 e. The first-order valence-corrected chi connectivity index (χ1v) is 7.68. The van der Waals surface area contributed by atoms with Gasteiger partial charge in [0.1, 0.15) is 0 Å². The number of allylic oxidation sites excluding steroid dienone is 8. The fourth-order valence-electron chi connectivity index (χ4n) is 1.72. The Morgan fingerprint density at radius 2 is 1.89 bits per heavy atom. The van der Waals surface area contributed by atoms with Crippen LogP contribution in [0.25, 0.3) is 0 Å².